The molecule has 0 amide bonds. The summed E-state index contributed by atoms with van der Waals surface area (Å²) in [5.41, 5.74) is 9.13. The number of halogens is 1. The number of anilines is 2. The molecule has 0 spiro atoms. The van der Waals surface area contributed by atoms with E-state index in [2.05, 4.69) is 19.3 Å². The predicted octanol–water partition coefficient (Wildman–Crippen LogP) is 5.12. The Labute approximate surface area is 202 Å². The van der Waals surface area contributed by atoms with Crippen LogP contribution in [0.5, 0.6) is 0 Å². The summed E-state index contributed by atoms with van der Waals surface area (Å²) in [5.74, 6) is 0.384. The van der Waals surface area contributed by atoms with Crippen molar-refractivity contribution in [3.63, 3.8) is 0 Å². The van der Waals surface area contributed by atoms with Crippen LogP contribution in [0.2, 0.25) is 5.02 Å². The van der Waals surface area contributed by atoms with Gasteiger partial charge in [0.25, 0.3) is 10.0 Å². The highest BCUT2D eigenvalue weighted by Crippen LogP contribution is 2.40. The van der Waals surface area contributed by atoms with Crippen LogP contribution in [0, 0.1) is 11.3 Å². The first-order valence-corrected chi connectivity index (χ1v) is 12.7. The summed E-state index contributed by atoms with van der Waals surface area (Å²) in [6.45, 7) is 0. The standard InChI is InChI=1S/C24H21ClN6O2S/c25-20-11-16(8-9-21(20)30-34(32,33)18-7-3-4-15(10-18)12-26)19-13-31(17-5-1-2-6-17)24-22(19)23(27)28-14-29-24/h3-4,7-11,13-14,17,30H,1-2,5-6H2,(H2,27,28,29). The first kappa shape index (κ1) is 22.2. The van der Waals surface area contributed by atoms with E-state index in [9.17, 15) is 8.42 Å². The maximum absolute atomic E-state index is 12.8. The molecule has 5 rings (SSSR count). The summed E-state index contributed by atoms with van der Waals surface area (Å²) >= 11 is 6.51. The summed E-state index contributed by atoms with van der Waals surface area (Å²) in [5, 5.41) is 10.0. The van der Waals surface area contributed by atoms with E-state index in [1.54, 1.807) is 18.2 Å². The third-order valence-corrected chi connectivity index (χ3v) is 7.83. The minimum Gasteiger partial charge on any atom is -0.383 e. The van der Waals surface area contributed by atoms with Crippen LogP contribution in [0.1, 0.15) is 37.3 Å². The number of benzene rings is 2. The molecule has 3 N–H and O–H groups in total. The number of nitriles is 1. The van der Waals surface area contributed by atoms with Crippen LogP contribution in [0.25, 0.3) is 22.2 Å². The Morgan fingerprint density at radius 2 is 1.94 bits per heavy atom. The van der Waals surface area contributed by atoms with Gasteiger partial charge in [-0.2, -0.15) is 5.26 Å². The average Bonchev–Trinajstić information content (AvgIpc) is 3.49. The quantitative estimate of drug-likeness (QED) is 0.398. The maximum atomic E-state index is 12.8. The third kappa shape index (κ3) is 3.95. The van der Waals surface area contributed by atoms with Crippen molar-refractivity contribution in [2.45, 2.75) is 36.6 Å². The highest BCUT2D eigenvalue weighted by atomic mass is 35.5. The van der Waals surface area contributed by atoms with Crippen LogP contribution >= 0.6 is 11.6 Å². The Bertz CT molecular complexity index is 1550. The van der Waals surface area contributed by atoms with Crippen LogP contribution in [0.3, 0.4) is 0 Å². The van der Waals surface area contributed by atoms with Gasteiger partial charge in [0.2, 0.25) is 0 Å². The summed E-state index contributed by atoms with van der Waals surface area (Å²) < 4.78 is 30.3. The van der Waals surface area contributed by atoms with Crippen LogP contribution in [-0.4, -0.2) is 23.0 Å². The molecule has 2 aromatic carbocycles. The Morgan fingerprint density at radius 1 is 1.15 bits per heavy atom. The highest BCUT2D eigenvalue weighted by Gasteiger charge is 2.23. The lowest BCUT2D eigenvalue weighted by Crippen LogP contribution is -2.13. The summed E-state index contributed by atoms with van der Waals surface area (Å²) in [6, 6.07) is 13.2. The van der Waals surface area contributed by atoms with E-state index in [1.807, 2.05) is 12.3 Å². The molecule has 0 saturated heterocycles. The molecule has 10 heteroatoms. The predicted molar refractivity (Wildman–Crippen MR) is 132 cm³/mol. The van der Waals surface area contributed by atoms with Gasteiger partial charge < -0.3 is 10.3 Å². The number of rotatable bonds is 5. The van der Waals surface area contributed by atoms with Gasteiger partial charge >= 0.3 is 0 Å². The van der Waals surface area contributed by atoms with Gasteiger partial charge in [0.1, 0.15) is 17.8 Å². The number of hydrogen-bond donors (Lipinski definition) is 2. The lowest BCUT2D eigenvalue weighted by molar-refractivity contribution is 0.532. The monoisotopic (exact) mass is 492 g/mol. The molecule has 8 nitrogen and oxygen atoms in total. The Morgan fingerprint density at radius 3 is 2.68 bits per heavy atom. The maximum Gasteiger partial charge on any atom is 0.261 e. The van der Waals surface area contributed by atoms with Crippen molar-refractivity contribution in [2.24, 2.45) is 0 Å². The van der Waals surface area contributed by atoms with E-state index in [0.717, 1.165) is 35.0 Å². The van der Waals surface area contributed by atoms with Crippen molar-refractivity contribution in [3.8, 4) is 17.2 Å². The lowest BCUT2D eigenvalue weighted by Gasteiger charge is -2.12. The molecule has 2 heterocycles. The highest BCUT2D eigenvalue weighted by molar-refractivity contribution is 7.92. The van der Waals surface area contributed by atoms with Crippen LogP contribution in [0.4, 0.5) is 11.5 Å². The Balaban J connectivity index is 1.53. The number of nitrogens with two attached hydrogens (primary N) is 1. The van der Waals surface area contributed by atoms with Gasteiger partial charge in [0, 0.05) is 17.8 Å². The van der Waals surface area contributed by atoms with E-state index in [-0.39, 0.29) is 21.2 Å². The Kier molecular flexibility index (Phi) is 5.63. The second-order valence-corrected chi connectivity index (χ2v) is 10.4. The van der Waals surface area contributed by atoms with E-state index in [1.165, 1.54) is 43.4 Å². The van der Waals surface area contributed by atoms with Gasteiger partial charge in [-0.1, -0.05) is 36.6 Å². The van der Waals surface area contributed by atoms with Crippen molar-refractivity contribution in [2.75, 3.05) is 10.5 Å². The molecular formula is C24H21ClN6O2S. The SMILES string of the molecule is N#Cc1cccc(S(=O)(=O)Nc2ccc(-c3cn(C4CCCC4)c4ncnc(N)c34)cc2Cl)c1. The molecule has 172 valence electrons. The molecule has 0 atom stereocenters. The first-order valence-electron chi connectivity index (χ1n) is 10.8. The molecule has 0 unspecified atom stereocenters. The number of aromatic nitrogens is 3. The zero-order valence-electron chi connectivity index (χ0n) is 18.1. The number of nitrogen functional groups attached to an aromatic ring is 1. The number of fused-ring (bicyclic) bond motifs is 1. The topological polar surface area (TPSA) is 127 Å². The molecule has 0 radical (unpaired) electrons. The molecule has 1 saturated carbocycles. The van der Waals surface area contributed by atoms with Crippen molar-refractivity contribution in [3.05, 3.63) is 65.6 Å². The average molecular weight is 493 g/mol. The van der Waals surface area contributed by atoms with Gasteiger partial charge in [-0.05, 0) is 48.7 Å². The van der Waals surface area contributed by atoms with Crippen molar-refractivity contribution in [1.82, 2.24) is 14.5 Å². The molecule has 1 fully saturated rings. The minimum absolute atomic E-state index is 0.0174. The Hall–Kier alpha value is -3.61. The fraction of sp³-hybridized carbons (Fsp3) is 0.208. The minimum atomic E-state index is -3.92. The molecule has 2 aromatic heterocycles. The molecule has 0 bridgehead atoms. The smallest absolute Gasteiger partial charge is 0.261 e. The molecule has 1 aliphatic carbocycles. The zero-order valence-corrected chi connectivity index (χ0v) is 19.6. The van der Waals surface area contributed by atoms with Crippen LogP contribution < -0.4 is 10.5 Å². The summed E-state index contributed by atoms with van der Waals surface area (Å²) in [6.07, 6.45) is 8.03. The summed E-state index contributed by atoms with van der Waals surface area (Å²) in [7, 11) is -3.92. The van der Waals surface area contributed by atoms with E-state index in [4.69, 9.17) is 22.6 Å². The fourth-order valence-electron chi connectivity index (χ4n) is 4.49. The van der Waals surface area contributed by atoms with Gasteiger partial charge in [-0.3, -0.25) is 4.72 Å². The zero-order chi connectivity index (χ0) is 23.9. The van der Waals surface area contributed by atoms with Crippen molar-refractivity contribution >= 4 is 44.2 Å². The molecule has 34 heavy (non-hydrogen) atoms. The number of nitrogens with zero attached hydrogens (tertiary/aromatic N) is 4. The molecule has 0 aliphatic heterocycles. The third-order valence-electron chi connectivity index (χ3n) is 6.15. The van der Waals surface area contributed by atoms with E-state index >= 15 is 0 Å². The largest absolute Gasteiger partial charge is 0.383 e. The van der Waals surface area contributed by atoms with Gasteiger partial charge in [-0.15, -0.1) is 0 Å². The molecular weight excluding hydrogens is 472 g/mol. The number of hydrogen-bond acceptors (Lipinski definition) is 6. The van der Waals surface area contributed by atoms with E-state index < -0.39 is 10.0 Å². The van der Waals surface area contributed by atoms with Crippen molar-refractivity contribution in [1.29, 1.82) is 5.26 Å². The van der Waals surface area contributed by atoms with Crippen LogP contribution in [-0.2, 0) is 10.0 Å². The number of sulfonamides is 1. The summed E-state index contributed by atoms with van der Waals surface area (Å²) in [4.78, 5) is 8.65. The second kappa shape index (κ2) is 8.63. The second-order valence-electron chi connectivity index (χ2n) is 8.29. The van der Waals surface area contributed by atoms with Gasteiger partial charge in [0.15, 0.2) is 0 Å². The van der Waals surface area contributed by atoms with Gasteiger partial charge in [0.05, 0.1) is 32.6 Å². The van der Waals surface area contributed by atoms with Gasteiger partial charge in [-0.25, -0.2) is 18.4 Å². The number of nitrogens with one attached hydrogen (secondary N) is 1. The van der Waals surface area contributed by atoms with E-state index in [0.29, 0.717) is 11.9 Å². The fourth-order valence-corrected chi connectivity index (χ4v) is 5.90. The first-order chi connectivity index (χ1) is 16.4. The molecule has 1 aliphatic rings. The normalized spacial score (nSPS) is 14.4. The molecule has 4 aromatic rings. The lowest BCUT2D eigenvalue weighted by atomic mass is 10.1. The van der Waals surface area contributed by atoms with Crippen molar-refractivity contribution < 1.29 is 8.42 Å². The van der Waals surface area contributed by atoms with Crippen LogP contribution in [0.15, 0.2) is 59.9 Å².